The van der Waals surface area contributed by atoms with Gasteiger partial charge in [0.05, 0.1) is 18.8 Å². The van der Waals surface area contributed by atoms with Gasteiger partial charge in [-0.3, -0.25) is 0 Å². The van der Waals surface area contributed by atoms with E-state index in [2.05, 4.69) is 78.6 Å². The molecule has 0 radical (unpaired) electrons. The van der Waals surface area contributed by atoms with E-state index in [1.165, 1.54) is 34.9 Å². The van der Waals surface area contributed by atoms with Gasteiger partial charge in [-0.05, 0) is 35.4 Å². The van der Waals surface area contributed by atoms with Gasteiger partial charge in [-0.15, -0.1) is 0 Å². The van der Waals surface area contributed by atoms with Crippen molar-refractivity contribution < 1.29 is 4.74 Å². The molecule has 1 saturated carbocycles. The first-order valence-corrected chi connectivity index (χ1v) is 9.91. The van der Waals surface area contributed by atoms with Crippen molar-refractivity contribution in [3.8, 4) is 0 Å². The summed E-state index contributed by atoms with van der Waals surface area (Å²) in [5.74, 6) is 0. The van der Waals surface area contributed by atoms with Gasteiger partial charge < -0.3 is 10.1 Å². The molecule has 0 saturated heterocycles. The van der Waals surface area contributed by atoms with Crippen LogP contribution < -0.4 is 5.32 Å². The molecule has 0 aliphatic heterocycles. The van der Waals surface area contributed by atoms with Crippen molar-refractivity contribution in [1.29, 1.82) is 0 Å². The highest BCUT2D eigenvalue weighted by Gasteiger charge is 2.26. The normalized spacial score (nSPS) is 19.7. The molecule has 2 nitrogen and oxygen atoms in total. The maximum atomic E-state index is 6.35. The fourth-order valence-corrected chi connectivity index (χ4v) is 3.97. The summed E-state index contributed by atoms with van der Waals surface area (Å²) in [5.41, 5.74) is 3.57. The first-order valence-electron chi connectivity index (χ1n) is 9.91. The number of fused-ring (bicyclic) bond motifs is 1. The van der Waals surface area contributed by atoms with Gasteiger partial charge in [-0.2, -0.15) is 0 Å². The predicted octanol–water partition coefficient (Wildman–Crippen LogP) is 6.42. The molecule has 3 aromatic carbocycles. The van der Waals surface area contributed by atoms with Gasteiger partial charge in [-0.1, -0.05) is 86.2 Å². The van der Waals surface area contributed by atoms with E-state index in [0.717, 1.165) is 18.4 Å². The third-order valence-electron chi connectivity index (χ3n) is 5.51. The molecule has 0 bridgehead atoms. The average Bonchev–Trinajstić information content (AvgIpc) is 2.74. The molecular formula is C25H27NO. The van der Waals surface area contributed by atoms with Gasteiger partial charge in [0.1, 0.15) is 0 Å². The third kappa shape index (κ3) is 4.23. The monoisotopic (exact) mass is 357 g/mol. The van der Waals surface area contributed by atoms with Crippen LogP contribution in [0.3, 0.4) is 0 Å². The summed E-state index contributed by atoms with van der Waals surface area (Å²) in [6.07, 6.45) is 6.90. The van der Waals surface area contributed by atoms with Crippen LogP contribution in [0, 0.1) is 0 Å². The van der Waals surface area contributed by atoms with Gasteiger partial charge in [0, 0.05) is 11.1 Å². The van der Waals surface area contributed by atoms with Gasteiger partial charge in [-0.25, -0.2) is 0 Å². The first kappa shape index (κ1) is 17.8. The zero-order valence-corrected chi connectivity index (χ0v) is 15.7. The molecule has 1 unspecified atom stereocenters. The Morgan fingerprint density at radius 1 is 0.926 bits per heavy atom. The molecule has 3 aromatic rings. The van der Waals surface area contributed by atoms with E-state index in [9.17, 15) is 0 Å². The SMILES string of the molecule is C=Cc1ccc(CO[C@H]2CCCCC2Nc2cccc3ccccc23)cc1. The molecule has 27 heavy (non-hydrogen) atoms. The molecular weight excluding hydrogens is 330 g/mol. The minimum absolute atomic E-state index is 0.247. The minimum atomic E-state index is 0.247. The fourth-order valence-electron chi connectivity index (χ4n) is 3.97. The molecule has 138 valence electrons. The first-order chi connectivity index (χ1) is 13.3. The maximum Gasteiger partial charge on any atom is 0.0780 e. The quantitative estimate of drug-likeness (QED) is 0.549. The van der Waals surface area contributed by atoms with E-state index >= 15 is 0 Å². The van der Waals surface area contributed by atoms with Gasteiger partial charge in [0.15, 0.2) is 0 Å². The smallest absolute Gasteiger partial charge is 0.0780 e. The molecule has 0 spiro atoms. The zero-order chi connectivity index (χ0) is 18.5. The molecule has 0 aromatic heterocycles. The predicted molar refractivity (Wildman–Crippen MR) is 115 cm³/mol. The Morgan fingerprint density at radius 2 is 1.70 bits per heavy atom. The highest BCUT2D eigenvalue weighted by molar-refractivity contribution is 5.93. The third-order valence-corrected chi connectivity index (χ3v) is 5.51. The number of benzene rings is 3. The number of anilines is 1. The van der Waals surface area contributed by atoms with Crippen LogP contribution in [0.5, 0.6) is 0 Å². The van der Waals surface area contributed by atoms with E-state index in [1.54, 1.807) is 0 Å². The lowest BCUT2D eigenvalue weighted by atomic mass is 9.91. The summed E-state index contributed by atoms with van der Waals surface area (Å²) < 4.78 is 6.35. The van der Waals surface area contributed by atoms with Crippen molar-refractivity contribution in [2.75, 3.05) is 5.32 Å². The van der Waals surface area contributed by atoms with Gasteiger partial charge in [0.25, 0.3) is 0 Å². The Kier molecular flexibility index (Phi) is 5.55. The van der Waals surface area contributed by atoms with Crippen LogP contribution in [0.1, 0.15) is 36.8 Å². The van der Waals surface area contributed by atoms with E-state index in [4.69, 9.17) is 4.74 Å². The van der Waals surface area contributed by atoms with Crippen molar-refractivity contribution in [1.82, 2.24) is 0 Å². The Hall–Kier alpha value is -2.58. The highest BCUT2D eigenvalue weighted by Crippen LogP contribution is 2.29. The van der Waals surface area contributed by atoms with Crippen molar-refractivity contribution in [3.05, 3.63) is 84.4 Å². The highest BCUT2D eigenvalue weighted by atomic mass is 16.5. The standard InChI is InChI=1S/C25H27NO/c1-2-19-14-16-20(17-15-19)18-27-25-13-6-5-11-24(25)26-23-12-7-9-21-8-3-4-10-22(21)23/h2-4,7-10,12,14-17,24-26H,1,5-6,11,13,18H2/t24?,25-/m0/s1. The maximum absolute atomic E-state index is 6.35. The summed E-state index contributed by atoms with van der Waals surface area (Å²) in [7, 11) is 0. The molecule has 4 rings (SSSR count). The fraction of sp³-hybridized carbons (Fsp3) is 0.280. The second-order valence-corrected chi connectivity index (χ2v) is 7.36. The second-order valence-electron chi connectivity index (χ2n) is 7.36. The largest absolute Gasteiger partial charge is 0.379 e. The van der Waals surface area contributed by atoms with Crippen LogP contribution in [0.2, 0.25) is 0 Å². The van der Waals surface area contributed by atoms with Crippen molar-refractivity contribution in [2.45, 2.75) is 44.4 Å². The molecule has 2 atom stereocenters. The number of hydrogen-bond donors (Lipinski definition) is 1. The van der Waals surface area contributed by atoms with E-state index in [0.29, 0.717) is 12.6 Å². The van der Waals surface area contributed by atoms with Crippen molar-refractivity contribution >= 4 is 22.5 Å². The van der Waals surface area contributed by atoms with Gasteiger partial charge in [0.2, 0.25) is 0 Å². The van der Waals surface area contributed by atoms with Crippen LogP contribution in [-0.2, 0) is 11.3 Å². The summed E-state index contributed by atoms with van der Waals surface area (Å²) in [4.78, 5) is 0. The summed E-state index contributed by atoms with van der Waals surface area (Å²) in [6.45, 7) is 4.47. The van der Waals surface area contributed by atoms with E-state index < -0.39 is 0 Å². The van der Waals surface area contributed by atoms with Crippen molar-refractivity contribution in [2.24, 2.45) is 0 Å². The molecule has 0 amide bonds. The Labute approximate surface area is 161 Å². The van der Waals surface area contributed by atoms with Crippen LogP contribution in [0.15, 0.2) is 73.3 Å². The summed E-state index contributed by atoms with van der Waals surface area (Å²) in [6, 6.07) is 23.9. The Balaban J connectivity index is 1.46. The molecule has 1 aliphatic carbocycles. The topological polar surface area (TPSA) is 21.3 Å². The number of hydrogen-bond acceptors (Lipinski definition) is 2. The Bertz CT molecular complexity index is 894. The zero-order valence-electron chi connectivity index (χ0n) is 15.7. The van der Waals surface area contributed by atoms with Crippen molar-refractivity contribution in [3.63, 3.8) is 0 Å². The van der Waals surface area contributed by atoms with Crippen LogP contribution in [-0.4, -0.2) is 12.1 Å². The number of nitrogens with one attached hydrogen (secondary N) is 1. The molecule has 0 heterocycles. The average molecular weight is 357 g/mol. The lowest BCUT2D eigenvalue weighted by molar-refractivity contribution is 0.00886. The van der Waals surface area contributed by atoms with Crippen LogP contribution >= 0.6 is 0 Å². The summed E-state index contributed by atoms with van der Waals surface area (Å²) >= 11 is 0. The summed E-state index contributed by atoms with van der Waals surface area (Å²) in [5, 5.41) is 6.35. The number of rotatable bonds is 6. The number of ether oxygens (including phenoxy) is 1. The second kappa shape index (κ2) is 8.41. The van der Waals surface area contributed by atoms with Crippen LogP contribution in [0.25, 0.3) is 16.8 Å². The lowest BCUT2D eigenvalue weighted by Gasteiger charge is -2.33. The van der Waals surface area contributed by atoms with Crippen LogP contribution in [0.4, 0.5) is 5.69 Å². The Morgan fingerprint density at radius 3 is 2.56 bits per heavy atom. The lowest BCUT2D eigenvalue weighted by Crippen LogP contribution is -2.38. The van der Waals surface area contributed by atoms with E-state index in [1.807, 2.05) is 6.08 Å². The minimum Gasteiger partial charge on any atom is -0.379 e. The van der Waals surface area contributed by atoms with Gasteiger partial charge >= 0.3 is 0 Å². The molecule has 1 aliphatic rings. The molecule has 2 heteroatoms. The molecule has 1 N–H and O–H groups in total. The molecule has 1 fully saturated rings. The van der Waals surface area contributed by atoms with E-state index in [-0.39, 0.29) is 6.10 Å².